The van der Waals surface area contributed by atoms with Crippen molar-refractivity contribution >= 4 is 21.8 Å². The van der Waals surface area contributed by atoms with Gasteiger partial charge in [0.2, 0.25) is 10.0 Å². The van der Waals surface area contributed by atoms with Crippen LogP contribution in [0, 0.1) is 0 Å². The Bertz CT molecular complexity index is 360. The molecule has 0 saturated carbocycles. The molecule has 0 aromatic heterocycles. The maximum Gasteiger partial charge on any atom is 0.216 e. The van der Waals surface area contributed by atoms with Gasteiger partial charge in [-0.25, -0.2) is 8.42 Å². The second-order valence-corrected chi connectivity index (χ2v) is 8.89. The molecule has 0 radical (unpaired) electrons. The second-order valence-electron chi connectivity index (χ2n) is 4.92. The van der Waals surface area contributed by atoms with E-state index in [-0.39, 0.29) is 10.00 Å². The predicted octanol–water partition coefficient (Wildman–Crippen LogP) is 0.931. The summed E-state index contributed by atoms with van der Waals surface area (Å²) in [6.45, 7) is 4.80. The molecule has 0 aromatic rings. The van der Waals surface area contributed by atoms with E-state index in [1.807, 2.05) is 11.8 Å². The number of rotatable bonds is 3. The van der Waals surface area contributed by atoms with Crippen molar-refractivity contribution < 1.29 is 13.2 Å². The van der Waals surface area contributed by atoms with E-state index in [0.717, 1.165) is 12.2 Å². The summed E-state index contributed by atoms with van der Waals surface area (Å²) in [7, 11) is -1.32. The maximum absolute atomic E-state index is 11.9. The monoisotopic (exact) mass is 265 g/mol. The normalized spacial score (nSPS) is 29.9. The van der Waals surface area contributed by atoms with Gasteiger partial charge >= 0.3 is 0 Å². The van der Waals surface area contributed by atoms with Crippen LogP contribution in [0.1, 0.15) is 20.3 Å². The minimum atomic E-state index is -3.05. The first kappa shape index (κ1) is 12.7. The van der Waals surface area contributed by atoms with Crippen LogP contribution in [0.3, 0.4) is 0 Å². The lowest BCUT2D eigenvalue weighted by Crippen LogP contribution is -2.61. The molecule has 2 heterocycles. The minimum Gasteiger partial charge on any atom is -0.381 e. The molecule has 0 bridgehead atoms. The first-order valence-electron chi connectivity index (χ1n) is 5.55. The molecule has 1 atom stereocenters. The van der Waals surface area contributed by atoms with Crippen LogP contribution in [0.15, 0.2) is 0 Å². The van der Waals surface area contributed by atoms with Crippen molar-refractivity contribution in [2.45, 2.75) is 36.4 Å². The molecule has 94 valence electrons. The van der Waals surface area contributed by atoms with E-state index in [1.165, 1.54) is 0 Å². The topological polar surface area (TPSA) is 46.6 Å². The van der Waals surface area contributed by atoms with Crippen molar-refractivity contribution in [3.63, 3.8) is 0 Å². The number of ether oxygens (including phenoxy) is 1. The standard InChI is InChI=1S/C10H19NO3S2/c1-8(2)16(12,13)11-6-10(7-11)4-9(14-3)5-15-10/h8-9H,4-7H2,1-3H3/t9-/m0/s1. The Morgan fingerprint density at radius 3 is 2.50 bits per heavy atom. The van der Waals surface area contributed by atoms with Crippen LogP contribution < -0.4 is 0 Å². The Labute approximate surface area is 102 Å². The molecule has 4 nitrogen and oxygen atoms in total. The lowest BCUT2D eigenvalue weighted by Gasteiger charge is -2.46. The fourth-order valence-electron chi connectivity index (χ4n) is 2.25. The Morgan fingerprint density at radius 2 is 2.06 bits per heavy atom. The smallest absolute Gasteiger partial charge is 0.216 e. The summed E-state index contributed by atoms with van der Waals surface area (Å²) in [6.07, 6.45) is 1.28. The van der Waals surface area contributed by atoms with E-state index >= 15 is 0 Å². The first-order chi connectivity index (χ1) is 7.39. The van der Waals surface area contributed by atoms with E-state index in [1.54, 1.807) is 25.3 Å². The van der Waals surface area contributed by atoms with Crippen LogP contribution >= 0.6 is 11.8 Å². The lowest BCUT2D eigenvalue weighted by molar-refractivity contribution is 0.0930. The molecular formula is C10H19NO3S2. The summed E-state index contributed by atoms with van der Waals surface area (Å²) >= 11 is 1.86. The molecule has 1 spiro atoms. The van der Waals surface area contributed by atoms with E-state index in [2.05, 4.69) is 0 Å². The highest BCUT2D eigenvalue weighted by Crippen LogP contribution is 2.47. The molecule has 2 aliphatic heterocycles. The number of hydrogen-bond donors (Lipinski definition) is 0. The van der Waals surface area contributed by atoms with Crippen molar-refractivity contribution in [1.82, 2.24) is 4.31 Å². The van der Waals surface area contributed by atoms with Crippen LogP contribution in [0.4, 0.5) is 0 Å². The SMILES string of the molecule is CO[C@@H]1CSC2(C1)CN(S(=O)(=O)C(C)C)C2. The molecule has 2 aliphatic rings. The maximum atomic E-state index is 11.9. The van der Waals surface area contributed by atoms with Gasteiger partial charge in [-0.3, -0.25) is 0 Å². The van der Waals surface area contributed by atoms with Crippen molar-refractivity contribution in [3.05, 3.63) is 0 Å². The van der Waals surface area contributed by atoms with Crippen LogP contribution in [0.25, 0.3) is 0 Å². The quantitative estimate of drug-likeness (QED) is 0.761. The Kier molecular flexibility index (Phi) is 3.29. The van der Waals surface area contributed by atoms with Crippen LogP contribution in [-0.2, 0) is 14.8 Å². The number of sulfonamides is 1. The molecule has 2 rings (SSSR count). The molecule has 2 saturated heterocycles. The molecule has 0 aliphatic carbocycles. The fourth-order valence-corrected chi connectivity index (χ4v) is 5.45. The van der Waals surface area contributed by atoms with Gasteiger partial charge < -0.3 is 4.74 Å². The van der Waals surface area contributed by atoms with Gasteiger partial charge in [-0.1, -0.05) is 0 Å². The zero-order chi connectivity index (χ0) is 12.0. The zero-order valence-electron chi connectivity index (χ0n) is 9.97. The third-order valence-corrected chi connectivity index (χ3v) is 7.14. The Morgan fingerprint density at radius 1 is 1.44 bits per heavy atom. The highest BCUT2D eigenvalue weighted by Gasteiger charge is 2.53. The summed E-state index contributed by atoms with van der Waals surface area (Å²) in [5.41, 5.74) is 0. The average molecular weight is 265 g/mol. The summed E-state index contributed by atoms with van der Waals surface area (Å²) < 4.78 is 30.9. The number of nitrogens with zero attached hydrogens (tertiary/aromatic N) is 1. The largest absolute Gasteiger partial charge is 0.381 e. The lowest BCUT2D eigenvalue weighted by atomic mass is 9.96. The van der Waals surface area contributed by atoms with E-state index in [9.17, 15) is 8.42 Å². The van der Waals surface area contributed by atoms with Gasteiger partial charge in [-0.2, -0.15) is 4.31 Å². The fraction of sp³-hybridized carbons (Fsp3) is 1.00. The van der Waals surface area contributed by atoms with Gasteiger partial charge in [0.1, 0.15) is 0 Å². The summed E-state index contributed by atoms with van der Waals surface area (Å²) in [5, 5.41) is -0.311. The van der Waals surface area contributed by atoms with Crippen LogP contribution in [0.2, 0.25) is 0 Å². The van der Waals surface area contributed by atoms with Gasteiger partial charge in [-0.05, 0) is 20.3 Å². The molecule has 6 heteroatoms. The predicted molar refractivity (Wildman–Crippen MR) is 66.2 cm³/mol. The number of hydrogen-bond acceptors (Lipinski definition) is 4. The van der Waals surface area contributed by atoms with Crippen LogP contribution in [0.5, 0.6) is 0 Å². The summed E-state index contributed by atoms with van der Waals surface area (Å²) in [6, 6.07) is 0. The van der Waals surface area contributed by atoms with Gasteiger partial charge in [0, 0.05) is 30.7 Å². The molecular weight excluding hydrogens is 246 g/mol. The molecule has 0 aromatic carbocycles. The van der Waals surface area contributed by atoms with Crippen molar-refractivity contribution in [2.75, 3.05) is 26.0 Å². The minimum absolute atomic E-state index is 0.142. The average Bonchev–Trinajstić information content (AvgIpc) is 2.59. The zero-order valence-corrected chi connectivity index (χ0v) is 11.6. The van der Waals surface area contributed by atoms with Gasteiger partial charge in [-0.15, -0.1) is 11.8 Å². The summed E-state index contributed by atoms with van der Waals surface area (Å²) in [5.74, 6) is 0.992. The van der Waals surface area contributed by atoms with Crippen molar-refractivity contribution in [2.24, 2.45) is 0 Å². The van der Waals surface area contributed by atoms with E-state index in [0.29, 0.717) is 19.2 Å². The van der Waals surface area contributed by atoms with Crippen LogP contribution in [-0.4, -0.2) is 54.8 Å². The summed E-state index contributed by atoms with van der Waals surface area (Å²) in [4.78, 5) is 0. The van der Waals surface area contributed by atoms with Gasteiger partial charge in [0.15, 0.2) is 0 Å². The molecule has 16 heavy (non-hydrogen) atoms. The molecule has 0 amide bonds. The van der Waals surface area contributed by atoms with Gasteiger partial charge in [0.05, 0.1) is 11.4 Å². The van der Waals surface area contributed by atoms with Crippen molar-refractivity contribution in [3.8, 4) is 0 Å². The Hall–Kier alpha value is 0.220. The Balaban J connectivity index is 1.96. The van der Waals surface area contributed by atoms with Crippen molar-refractivity contribution in [1.29, 1.82) is 0 Å². The number of methoxy groups -OCH3 is 1. The van der Waals surface area contributed by atoms with Gasteiger partial charge in [0.25, 0.3) is 0 Å². The number of thioether (sulfide) groups is 1. The third kappa shape index (κ3) is 2.00. The molecule has 0 unspecified atom stereocenters. The second kappa shape index (κ2) is 4.15. The third-order valence-electron chi connectivity index (χ3n) is 3.39. The highest BCUT2D eigenvalue weighted by molar-refractivity contribution is 8.01. The first-order valence-corrected chi connectivity index (χ1v) is 8.04. The molecule has 0 N–H and O–H groups in total. The van der Waals surface area contributed by atoms with E-state index in [4.69, 9.17) is 4.74 Å². The highest BCUT2D eigenvalue weighted by atomic mass is 32.2. The molecule has 2 fully saturated rings. The van der Waals surface area contributed by atoms with E-state index < -0.39 is 10.0 Å².